The van der Waals surface area contributed by atoms with Gasteiger partial charge in [0, 0.05) is 24.4 Å². The largest absolute Gasteiger partial charge is 0.395 e. The molecule has 1 aliphatic rings. The monoisotopic (exact) mass is 417 g/mol. The van der Waals surface area contributed by atoms with Gasteiger partial charge in [0.15, 0.2) is 5.17 Å². The van der Waals surface area contributed by atoms with Gasteiger partial charge in [-0.25, -0.2) is 0 Å². The van der Waals surface area contributed by atoms with Gasteiger partial charge >= 0.3 is 0 Å². The molecule has 0 spiro atoms. The topological polar surface area (TPSA) is 78.9 Å². The molecule has 0 fully saturated rings. The van der Waals surface area contributed by atoms with E-state index in [1.807, 2.05) is 13.0 Å². The molecule has 1 amide bonds. The predicted molar refractivity (Wildman–Crippen MR) is 126 cm³/mol. The summed E-state index contributed by atoms with van der Waals surface area (Å²) in [5, 5.41) is 10.0. The summed E-state index contributed by atoms with van der Waals surface area (Å²) in [6.45, 7) is 14.4. The van der Waals surface area contributed by atoms with Crippen molar-refractivity contribution in [3.8, 4) is 0 Å². The Bertz CT molecular complexity index is 722. The van der Waals surface area contributed by atoms with Crippen molar-refractivity contribution in [2.75, 3.05) is 25.4 Å². The first kappa shape index (κ1) is 25.0. The Balaban J connectivity index is 3.08. The van der Waals surface area contributed by atoms with E-state index in [1.54, 1.807) is 34.9 Å². The number of nitrogens with zero attached hydrogens (tertiary/aromatic N) is 2. The van der Waals surface area contributed by atoms with Crippen molar-refractivity contribution in [1.82, 2.24) is 4.90 Å². The number of aliphatic hydroxyl groups excluding tert-OH is 1. The Morgan fingerprint density at radius 3 is 2.66 bits per heavy atom. The van der Waals surface area contributed by atoms with E-state index in [4.69, 9.17) is 5.73 Å². The summed E-state index contributed by atoms with van der Waals surface area (Å²) in [5.41, 5.74) is 8.03. The van der Waals surface area contributed by atoms with Crippen molar-refractivity contribution in [3.63, 3.8) is 0 Å². The normalized spacial score (nSPS) is 20.8. The second kappa shape index (κ2) is 12.5. The van der Waals surface area contributed by atoms with E-state index in [-0.39, 0.29) is 24.6 Å². The highest BCUT2D eigenvalue weighted by molar-refractivity contribution is 8.13. The molecule has 160 valence electrons. The molecule has 29 heavy (non-hydrogen) atoms. The van der Waals surface area contributed by atoms with Gasteiger partial charge in [0.05, 0.1) is 12.1 Å². The Morgan fingerprint density at radius 2 is 2.10 bits per heavy atom. The van der Waals surface area contributed by atoms with Crippen LogP contribution in [-0.4, -0.2) is 52.1 Å². The van der Waals surface area contributed by atoms with Crippen molar-refractivity contribution in [2.24, 2.45) is 10.7 Å². The van der Waals surface area contributed by atoms with Crippen LogP contribution in [0.3, 0.4) is 0 Å². The number of thioether (sulfide) groups is 1. The number of allylic oxidation sites excluding steroid dienone is 3. The van der Waals surface area contributed by atoms with Gasteiger partial charge in [-0.05, 0) is 43.9 Å². The van der Waals surface area contributed by atoms with Crippen LogP contribution in [0.2, 0.25) is 0 Å². The van der Waals surface area contributed by atoms with Crippen molar-refractivity contribution in [3.05, 3.63) is 60.3 Å². The number of aliphatic imine (C=N–C) groups is 1. The van der Waals surface area contributed by atoms with Gasteiger partial charge in [-0.3, -0.25) is 9.79 Å². The van der Waals surface area contributed by atoms with E-state index in [2.05, 4.69) is 38.1 Å². The number of hydrogen-bond donors (Lipinski definition) is 2. The number of rotatable bonds is 11. The fraction of sp³-hybridized carbons (Fsp3) is 0.478. The Labute approximate surface area is 179 Å². The minimum Gasteiger partial charge on any atom is -0.395 e. The van der Waals surface area contributed by atoms with E-state index in [1.165, 1.54) is 0 Å². The van der Waals surface area contributed by atoms with Crippen molar-refractivity contribution < 1.29 is 9.90 Å². The molecule has 0 aromatic carbocycles. The molecule has 0 aromatic heterocycles. The first-order valence-electron chi connectivity index (χ1n) is 10.0. The minimum absolute atomic E-state index is 0.104. The summed E-state index contributed by atoms with van der Waals surface area (Å²) in [5.74, 6) is 0.752. The average molecular weight is 418 g/mol. The van der Waals surface area contributed by atoms with Crippen LogP contribution in [0.4, 0.5) is 0 Å². The summed E-state index contributed by atoms with van der Waals surface area (Å²) >= 11 is 1.57. The molecule has 0 saturated carbocycles. The number of aliphatic hydroxyl groups is 1. The van der Waals surface area contributed by atoms with Crippen LogP contribution in [0.25, 0.3) is 0 Å². The quantitative estimate of drug-likeness (QED) is 0.394. The van der Waals surface area contributed by atoms with Gasteiger partial charge in [0.2, 0.25) is 0 Å². The maximum atomic E-state index is 13.0. The van der Waals surface area contributed by atoms with Gasteiger partial charge in [-0.2, -0.15) is 0 Å². The van der Waals surface area contributed by atoms with Crippen LogP contribution in [0.5, 0.6) is 0 Å². The lowest BCUT2D eigenvalue weighted by molar-refractivity contribution is -0.126. The zero-order valence-electron chi connectivity index (χ0n) is 18.0. The number of amides is 1. The van der Waals surface area contributed by atoms with Crippen molar-refractivity contribution >= 4 is 22.8 Å². The molecule has 0 saturated heterocycles. The van der Waals surface area contributed by atoms with Gasteiger partial charge in [-0.1, -0.05) is 62.6 Å². The molecule has 3 N–H and O–H groups in total. The predicted octanol–water partition coefficient (Wildman–Crippen LogP) is 3.99. The van der Waals surface area contributed by atoms with Crippen LogP contribution >= 0.6 is 11.8 Å². The lowest BCUT2D eigenvalue weighted by Gasteiger charge is -2.30. The molecule has 0 radical (unpaired) electrons. The van der Waals surface area contributed by atoms with Crippen LogP contribution < -0.4 is 5.73 Å². The van der Waals surface area contributed by atoms with E-state index in [9.17, 15) is 9.90 Å². The highest BCUT2D eigenvalue weighted by Gasteiger charge is 2.28. The Hall–Kier alpha value is -2.05. The third-order valence-corrected chi connectivity index (χ3v) is 5.81. The van der Waals surface area contributed by atoms with E-state index < -0.39 is 0 Å². The third kappa shape index (κ3) is 7.71. The van der Waals surface area contributed by atoms with Gasteiger partial charge in [0.1, 0.15) is 0 Å². The van der Waals surface area contributed by atoms with Crippen LogP contribution in [0, 0.1) is 0 Å². The van der Waals surface area contributed by atoms with Gasteiger partial charge in [-0.15, -0.1) is 0 Å². The highest BCUT2D eigenvalue weighted by atomic mass is 32.2. The highest BCUT2D eigenvalue weighted by Crippen LogP contribution is 2.31. The lowest BCUT2D eigenvalue weighted by atomic mass is 9.90. The molecule has 0 aliphatic carbocycles. The first-order chi connectivity index (χ1) is 13.8. The number of carbonyl (C=O) groups excluding carboxylic acids is 1. The Morgan fingerprint density at radius 1 is 1.38 bits per heavy atom. The van der Waals surface area contributed by atoms with E-state index in [0.717, 1.165) is 36.2 Å². The molecule has 5 nitrogen and oxygen atoms in total. The molecule has 1 rings (SSSR count). The number of amidine groups is 1. The number of carbonyl (C=O) groups is 1. The van der Waals surface area contributed by atoms with Crippen molar-refractivity contribution in [2.45, 2.75) is 45.6 Å². The van der Waals surface area contributed by atoms with Crippen molar-refractivity contribution in [1.29, 1.82) is 0 Å². The molecule has 1 aliphatic heterocycles. The summed E-state index contributed by atoms with van der Waals surface area (Å²) in [6.07, 6.45) is 11.9. The fourth-order valence-corrected chi connectivity index (χ4v) is 3.88. The summed E-state index contributed by atoms with van der Waals surface area (Å²) in [7, 11) is 0. The summed E-state index contributed by atoms with van der Waals surface area (Å²) in [6, 6.07) is 0. The van der Waals surface area contributed by atoms with Crippen LogP contribution in [-0.2, 0) is 4.79 Å². The SMILES string of the molecule is C=C/C(=C\CCC)CN(CCO)C(=O)/C(C=C)=C/C=C(\C)C1(C)CCSC(N)=N1. The Kier molecular flexibility index (Phi) is 10.8. The maximum absolute atomic E-state index is 13.0. The fourth-order valence-electron chi connectivity index (χ4n) is 2.91. The molecule has 0 bridgehead atoms. The lowest BCUT2D eigenvalue weighted by Crippen LogP contribution is -2.35. The minimum atomic E-state index is -0.356. The number of hydrogen-bond acceptors (Lipinski definition) is 5. The van der Waals surface area contributed by atoms with Crippen LogP contribution in [0.15, 0.2) is 65.2 Å². The first-order valence-corrected chi connectivity index (χ1v) is 11.0. The molecule has 0 aromatic rings. The van der Waals surface area contributed by atoms with E-state index >= 15 is 0 Å². The summed E-state index contributed by atoms with van der Waals surface area (Å²) < 4.78 is 0. The second-order valence-corrected chi connectivity index (χ2v) is 8.34. The number of nitrogens with two attached hydrogens (primary N) is 1. The van der Waals surface area contributed by atoms with E-state index in [0.29, 0.717) is 17.3 Å². The molecule has 1 heterocycles. The zero-order valence-corrected chi connectivity index (χ0v) is 18.8. The molecule has 1 atom stereocenters. The summed E-state index contributed by atoms with van der Waals surface area (Å²) in [4.78, 5) is 19.3. The zero-order chi connectivity index (χ0) is 21.9. The smallest absolute Gasteiger partial charge is 0.254 e. The molecule has 1 unspecified atom stereocenters. The third-order valence-electron chi connectivity index (χ3n) is 5.01. The second-order valence-electron chi connectivity index (χ2n) is 7.22. The molecular formula is C23H35N3O2S. The maximum Gasteiger partial charge on any atom is 0.254 e. The molecular weight excluding hydrogens is 382 g/mol. The molecule has 6 heteroatoms. The standard InChI is InChI=1S/C23H35N3O2S/c1-6-9-10-19(7-2)17-26(14-15-27)21(28)20(8-3)12-11-18(4)23(5)13-16-29-22(24)25-23/h7-8,10-12,27H,2-3,6,9,13-17H2,1,4-5H3,(H2,24,25)/b18-11+,19-10+,20-12+. The average Bonchev–Trinajstić information content (AvgIpc) is 2.70. The van der Waals surface area contributed by atoms with Gasteiger partial charge in [0.25, 0.3) is 5.91 Å². The van der Waals surface area contributed by atoms with Crippen LogP contribution in [0.1, 0.15) is 40.0 Å². The van der Waals surface area contributed by atoms with Gasteiger partial charge < -0.3 is 15.7 Å². The number of unbranched alkanes of at least 4 members (excludes halogenated alkanes) is 1.